The van der Waals surface area contributed by atoms with Gasteiger partial charge in [-0.05, 0) is 48.4 Å². The molecule has 90 valence electrons. The van der Waals surface area contributed by atoms with Gasteiger partial charge in [-0.15, -0.1) is 0 Å². The molecular formula is C15H12ClNO. The van der Waals surface area contributed by atoms with Gasteiger partial charge in [0.25, 0.3) is 0 Å². The molecule has 0 amide bonds. The largest absolute Gasteiger partial charge is 0.489 e. The maximum atomic E-state index is 8.80. The standard InChI is InChI=1S/C15H12ClNO/c1-11-7-12(9-17)5-6-13(11)10-18-15-4-2-3-14(16)8-15/h2-8H,10H2,1H3. The molecule has 0 atom stereocenters. The maximum Gasteiger partial charge on any atom is 0.121 e. The van der Waals surface area contributed by atoms with Crippen LogP contribution in [0.3, 0.4) is 0 Å². The second-order valence-corrected chi connectivity index (χ2v) is 4.44. The van der Waals surface area contributed by atoms with Crippen molar-refractivity contribution in [2.24, 2.45) is 0 Å². The van der Waals surface area contributed by atoms with Crippen molar-refractivity contribution >= 4 is 11.6 Å². The van der Waals surface area contributed by atoms with Gasteiger partial charge in [-0.3, -0.25) is 0 Å². The van der Waals surface area contributed by atoms with E-state index in [0.29, 0.717) is 17.2 Å². The molecule has 0 unspecified atom stereocenters. The van der Waals surface area contributed by atoms with E-state index in [1.807, 2.05) is 31.2 Å². The van der Waals surface area contributed by atoms with Crippen LogP contribution in [0.4, 0.5) is 0 Å². The molecule has 3 heteroatoms. The highest BCUT2D eigenvalue weighted by atomic mass is 35.5. The zero-order chi connectivity index (χ0) is 13.0. The first-order valence-corrected chi connectivity index (χ1v) is 5.95. The first kappa shape index (κ1) is 12.5. The van der Waals surface area contributed by atoms with E-state index in [0.717, 1.165) is 16.9 Å². The minimum atomic E-state index is 0.470. The molecule has 0 radical (unpaired) electrons. The maximum absolute atomic E-state index is 8.80. The molecule has 0 aliphatic carbocycles. The van der Waals surface area contributed by atoms with Crippen molar-refractivity contribution in [3.63, 3.8) is 0 Å². The van der Waals surface area contributed by atoms with Crippen LogP contribution in [0.5, 0.6) is 5.75 Å². The van der Waals surface area contributed by atoms with Crippen molar-refractivity contribution in [3.8, 4) is 11.8 Å². The Hall–Kier alpha value is -1.98. The molecule has 0 saturated heterocycles. The van der Waals surface area contributed by atoms with E-state index in [9.17, 15) is 0 Å². The van der Waals surface area contributed by atoms with E-state index in [4.69, 9.17) is 21.6 Å². The molecular weight excluding hydrogens is 246 g/mol. The molecule has 2 aromatic carbocycles. The van der Waals surface area contributed by atoms with Crippen LogP contribution in [0.1, 0.15) is 16.7 Å². The van der Waals surface area contributed by atoms with Crippen molar-refractivity contribution in [1.29, 1.82) is 5.26 Å². The number of benzene rings is 2. The second kappa shape index (κ2) is 5.57. The Bertz CT molecular complexity index is 602. The Morgan fingerprint density at radius 2 is 2.06 bits per heavy atom. The molecule has 0 fully saturated rings. The lowest BCUT2D eigenvalue weighted by atomic mass is 10.1. The summed E-state index contributed by atoms with van der Waals surface area (Å²) in [5.41, 5.74) is 2.78. The van der Waals surface area contributed by atoms with Gasteiger partial charge in [-0.2, -0.15) is 5.26 Å². The molecule has 0 N–H and O–H groups in total. The third-order valence-corrected chi connectivity index (χ3v) is 2.90. The molecule has 0 aliphatic rings. The van der Waals surface area contributed by atoms with Crippen LogP contribution in [0.25, 0.3) is 0 Å². The molecule has 0 spiro atoms. The number of halogens is 1. The first-order chi connectivity index (χ1) is 8.69. The van der Waals surface area contributed by atoms with E-state index in [1.165, 1.54) is 0 Å². The number of aryl methyl sites for hydroxylation is 1. The summed E-state index contributed by atoms with van der Waals surface area (Å²) >= 11 is 5.88. The van der Waals surface area contributed by atoms with Crippen LogP contribution in [0, 0.1) is 18.3 Å². The summed E-state index contributed by atoms with van der Waals surface area (Å²) in [7, 11) is 0. The summed E-state index contributed by atoms with van der Waals surface area (Å²) in [6.45, 7) is 2.44. The van der Waals surface area contributed by atoms with E-state index in [2.05, 4.69) is 6.07 Å². The van der Waals surface area contributed by atoms with Crippen molar-refractivity contribution < 1.29 is 4.74 Å². The van der Waals surface area contributed by atoms with Gasteiger partial charge < -0.3 is 4.74 Å². The minimum absolute atomic E-state index is 0.470. The third-order valence-electron chi connectivity index (χ3n) is 2.66. The Labute approximate surface area is 111 Å². The predicted molar refractivity (Wildman–Crippen MR) is 71.7 cm³/mol. The number of hydrogen-bond acceptors (Lipinski definition) is 2. The number of ether oxygens (including phenoxy) is 1. The molecule has 18 heavy (non-hydrogen) atoms. The van der Waals surface area contributed by atoms with Gasteiger partial charge in [0.2, 0.25) is 0 Å². The van der Waals surface area contributed by atoms with Gasteiger partial charge in [-0.1, -0.05) is 23.7 Å². The number of nitriles is 1. The van der Waals surface area contributed by atoms with Gasteiger partial charge in [0.15, 0.2) is 0 Å². The zero-order valence-electron chi connectivity index (χ0n) is 9.98. The molecule has 2 rings (SSSR count). The summed E-state index contributed by atoms with van der Waals surface area (Å²) < 4.78 is 5.66. The minimum Gasteiger partial charge on any atom is -0.489 e. The van der Waals surface area contributed by atoms with Gasteiger partial charge in [0.05, 0.1) is 11.6 Å². The average molecular weight is 258 g/mol. The smallest absolute Gasteiger partial charge is 0.121 e. The van der Waals surface area contributed by atoms with Crippen molar-refractivity contribution in [2.45, 2.75) is 13.5 Å². The zero-order valence-corrected chi connectivity index (χ0v) is 10.7. The highest BCUT2D eigenvalue weighted by Gasteiger charge is 2.01. The van der Waals surface area contributed by atoms with Gasteiger partial charge in [-0.25, -0.2) is 0 Å². The number of hydrogen-bond donors (Lipinski definition) is 0. The lowest BCUT2D eigenvalue weighted by Crippen LogP contribution is -1.98. The van der Waals surface area contributed by atoms with Gasteiger partial charge in [0, 0.05) is 5.02 Å². The lowest BCUT2D eigenvalue weighted by Gasteiger charge is -2.09. The Balaban J connectivity index is 2.09. The average Bonchev–Trinajstić information content (AvgIpc) is 2.37. The highest BCUT2D eigenvalue weighted by Crippen LogP contribution is 2.19. The van der Waals surface area contributed by atoms with E-state index in [-0.39, 0.29) is 0 Å². The van der Waals surface area contributed by atoms with Crippen molar-refractivity contribution in [3.05, 3.63) is 64.2 Å². The molecule has 0 saturated carbocycles. The number of nitrogens with zero attached hydrogens (tertiary/aromatic N) is 1. The van der Waals surface area contributed by atoms with Crippen LogP contribution in [0.15, 0.2) is 42.5 Å². The molecule has 0 bridgehead atoms. The second-order valence-electron chi connectivity index (χ2n) is 4.00. The fraction of sp³-hybridized carbons (Fsp3) is 0.133. The van der Waals surface area contributed by atoms with E-state index < -0.39 is 0 Å². The number of rotatable bonds is 3. The third kappa shape index (κ3) is 3.03. The Morgan fingerprint density at radius 3 is 2.72 bits per heavy atom. The fourth-order valence-corrected chi connectivity index (χ4v) is 1.83. The Kier molecular flexibility index (Phi) is 3.86. The SMILES string of the molecule is Cc1cc(C#N)ccc1COc1cccc(Cl)c1. The van der Waals surface area contributed by atoms with Gasteiger partial charge in [0.1, 0.15) is 12.4 Å². The highest BCUT2D eigenvalue weighted by molar-refractivity contribution is 6.30. The monoisotopic (exact) mass is 257 g/mol. The first-order valence-electron chi connectivity index (χ1n) is 5.57. The van der Waals surface area contributed by atoms with E-state index >= 15 is 0 Å². The summed E-state index contributed by atoms with van der Waals surface area (Å²) in [4.78, 5) is 0. The summed E-state index contributed by atoms with van der Waals surface area (Å²) in [6, 6.07) is 15.0. The topological polar surface area (TPSA) is 33.0 Å². The molecule has 2 nitrogen and oxygen atoms in total. The fourth-order valence-electron chi connectivity index (χ4n) is 1.65. The lowest BCUT2D eigenvalue weighted by molar-refractivity contribution is 0.305. The summed E-state index contributed by atoms with van der Waals surface area (Å²) in [6.07, 6.45) is 0. The summed E-state index contributed by atoms with van der Waals surface area (Å²) in [5.74, 6) is 0.742. The normalized spacial score (nSPS) is 9.83. The van der Waals surface area contributed by atoms with Crippen molar-refractivity contribution in [2.75, 3.05) is 0 Å². The molecule has 0 heterocycles. The molecule has 0 aliphatic heterocycles. The Morgan fingerprint density at radius 1 is 1.22 bits per heavy atom. The van der Waals surface area contributed by atoms with Crippen LogP contribution >= 0.6 is 11.6 Å². The predicted octanol–water partition coefficient (Wildman–Crippen LogP) is 4.10. The molecule has 2 aromatic rings. The van der Waals surface area contributed by atoms with Crippen molar-refractivity contribution in [1.82, 2.24) is 0 Å². The van der Waals surface area contributed by atoms with Crippen LogP contribution in [0.2, 0.25) is 5.02 Å². The van der Waals surface area contributed by atoms with E-state index in [1.54, 1.807) is 18.2 Å². The van der Waals surface area contributed by atoms with Crippen LogP contribution in [-0.2, 0) is 6.61 Å². The molecule has 0 aromatic heterocycles. The summed E-state index contributed by atoms with van der Waals surface area (Å²) in [5, 5.41) is 9.45. The van der Waals surface area contributed by atoms with Crippen LogP contribution < -0.4 is 4.74 Å². The van der Waals surface area contributed by atoms with Gasteiger partial charge >= 0.3 is 0 Å². The van der Waals surface area contributed by atoms with Crippen LogP contribution in [-0.4, -0.2) is 0 Å². The quantitative estimate of drug-likeness (QED) is 0.829.